The first kappa shape index (κ1) is 22.1. The van der Waals surface area contributed by atoms with Crippen LogP contribution in [0.15, 0.2) is 29.4 Å². The molecule has 1 amide bonds. The lowest BCUT2D eigenvalue weighted by Gasteiger charge is -2.17. The fraction of sp³-hybridized carbons (Fsp3) is 0.389. The van der Waals surface area contributed by atoms with Crippen molar-refractivity contribution in [2.45, 2.75) is 24.9 Å². The number of carbonyl (C=O) groups excluding carboxylic acids is 1. The molecule has 1 heterocycles. The minimum absolute atomic E-state index is 0.0999. The van der Waals surface area contributed by atoms with E-state index in [4.69, 9.17) is 34.8 Å². The Morgan fingerprint density at radius 3 is 2.70 bits per heavy atom. The van der Waals surface area contributed by atoms with Crippen LogP contribution in [0.3, 0.4) is 0 Å². The van der Waals surface area contributed by atoms with E-state index in [1.165, 1.54) is 11.8 Å². The summed E-state index contributed by atoms with van der Waals surface area (Å²) >= 11 is 19.3. The third-order valence-electron chi connectivity index (χ3n) is 3.67. The van der Waals surface area contributed by atoms with Crippen molar-refractivity contribution in [1.82, 2.24) is 15.3 Å². The molecule has 1 aromatic carbocycles. The summed E-state index contributed by atoms with van der Waals surface area (Å²) in [5.74, 6) is 0.861. The minimum Gasteiger partial charge on any atom is -0.360 e. The van der Waals surface area contributed by atoms with Gasteiger partial charge in [-0.15, -0.1) is 0 Å². The van der Waals surface area contributed by atoms with Crippen molar-refractivity contribution in [3.8, 4) is 0 Å². The van der Waals surface area contributed by atoms with Gasteiger partial charge in [-0.3, -0.25) is 4.79 Å². The number of halogens is 3. The maximum Gasteiger partial charge on any atom is 0.230 e. The summed E-state index contributed by atoms with van der Waals surface area (Å²) in [6, 6.07) is 7.06. The zero-order chi connectivity index (χ0) is 19.8. The van der Waals surface area contributed by atoms with Crippen molar-refractivity contribution >= 4 is 58.3 Å². The van der Waals surface area contributed by atoms with Crippen LogP contribution in [0.4, 0.5) is 5.82 Å². The molecule has 0 unspecified atom stereocenters. The Labute approximate surface area is 178 Å². The van der Waals surface area contributed by atoms with Crippen LogP contribution < -0.4 is 10.2 Å². The van der Waals surface area contributed by atoms with E-state index in [1.54, 1.807) is 18.2 Å². The molecule has 1 N–H and O–H groups in total. The van der Waals surface area contributed by atoms with Crippen molar-refractivity contribution in [2.75, 3.05) is 30.8 Å². The van der Waals surface area contributed by atoms with E-state index in [2.05, 4.69) is 22.2 Å². The van der Waals surface area contributed by atoms with Gasteiger partial charge in [-0.05, 0) is 30.5 Å². The van der Waals surface area contributed by atoms with Gasteiger partial charge in [0.15, 0.2) is 5.16 Å². The summed E-state index contributed by atoms with van der Waals surface area (Å²) in [4.78, 5) is 22.7. The molecule has 2 rings (SSSR count). The van der Waals surface area contributed by atoms with Crippen LogP contribution in [0.2, 0.25) is 15.2 Å². The number of hydrogen-bond donors (Lipinski definition) is 1. The van der Waals surface area contributed by atoms with Gasteiger partial charge in [0.1, 0.15) is 11.0 Å². The second kappa shape index (κ2) is 11.0. The van der Waals surface area contributed by atoms with Crippen molar-refractivity contribution < 1.29 is 4.79 Å². The highest BCUT2D eigenvalue weighted by Crippen LogP contribution is 2.22. The molecule has 146 valence electrons. The number of carbonyl (C=O) groups is 1. The van der Waals surface area contributed by atoms with Gasteiger partial charge in [0.2, 0.25) is 5.91 Å². The van der Waals surface area contributed by atoms with Gasteiger partial charge >= 0.3 is 0 Å². The summed E-state index contributed by atoms with van der Waals surface area (Å²) in [5.41, 5.74) is 0.941. The zero-order valence-corrected chi connectivity index (χ0v) is 18.2. The molecular formula is C18H21Cl3N4OS. The molecule has 2 aromatic rings. The quantitative estimate of drug-likeness (QED) is 0.342. The van der Waals surface area contributed by atoms with Crippen LogP contribution >= 0.6 is 46.6 Å². The smallest absolute Gasteiger partial charge is 0.230 e. The highest BCUT2D eigenvalue weighted by molar-refractivity contribution is 7.99. The highest BCUT2D eigenvalue weighted by atomic mass is 35.5. The second-order valence-electron chi connectivity index (χ2n) is 5.88. The van der Waals surface area contributed by atoms with Crippen molar-refractivity contribution in [1.29, 1.82) is 0 Å². The van der Waals surface area contributed by atoms with E-state index in [-0.39, 0.29) is 11.7 Å². The molecule has 0 saturated carbocycles. The fourth-order valence-electron chi connectivity index (χ4n) is 2.34. The molecular weight excluding hydrogens is 427 g/mol. The van der Waals surface area contributed by atoms with Crippen LogP contribution in [-0.2, 0) is 11.2 Å². The summed E-state index contributed by atoms with van der Waals surface area (Å²) in [5, 5.41) is 4.90. The Kier molecular flexibility index (Phi) is 8.96. The van der Waals surface area contributed by atoms with Crippen molar-refractivity contribution in [3.63, 3.8) is 0 Å². The zero-order valence-electron chi connectivity index (χ0n) is 15.1. The molecule has 0 radical (unpaired) electrons. The highest BCUT2D eigenvalue weighted by Gasteiger charge is 2.10. The Hall–Kier alpha value is -1.21. The second-order valence-corrected chi connectivity index (χ2v) is 8.05. The normalized spacial score (nSPS) is 10.7. The topological polar surface area (TPSA) is 58.1 Å². The molecule has 0 atom stereocenters. The first-order valence-corrected chi connectivity index (χ1v) is 10.6. The first-order chi connectivity index (χ1) is 12.9. The van der Waals surface area contributed by atoms with Crippen molar-refractivity contribution in [2.24, 2.45) is 0 Å². The van der Waals surface area contributed by atoms with E-state index < -0.39 is 0 Å². The number of nitrogens with zero attached hydrogens (tertiary/aromatic N) is 3. The molecule has 1 aromatic heterocycles. The maximum absolute atomic E-state index is 12.1. The van der Waals surface area contributed by atoms with Crippen LogP contribution in [0.5, 0.6) is 0 Å². The lowest BCUT2D eigenvalue weighted by atomic mass is 10.1. The molecule has 9 heteroatoms. The number of hydrogen-bond acceptors (Lipinski definition) is 5. The lowest BCUT2D eigenvalue weighted by Crippen LogP contribution is -2.27. The Morgan fingerprint density at radius 2 is 2.00 bits per heavy atom. The van der Waals surface area contributed by atoms with E-state index in [0.29, 0.717) is 33.3 Å². The van der Waals surface area contributed by atoms with Gasteiger partial charge in [-0.25, -0.2) is 9.97 Å². The first-order valence-electron chi connectivity index (χ1n) is 8.48. The number of nitrogens with one attached hydrogen (secondary N) is 1. The number of thioether (sulfide) groups is 1. The summed E-state index contributed by atoms with van der Waals surface area (Å²) in [6.07, 6.45) is 1.63. The van der Waals surface area contributed by atoms with Gasteiger partial charge in [0, 0.05) is 36.2 Å². The van der Waals surface area contributed by atoms with Gasteiger partial charge in [0.25, 0.3) is 0 Å². The predicted molar refractivity (Wildman–Crippen MR) is 115 cm³/mol. The molecule has 0 saturated heterocycles. The number of anilines is 1. The summed E-state index contributed by atoms with van der Waals surface area (Å²) < 4.78 is 0. The molecule has 0 aliphatic heterocycles. The molecule has 0 bridgehead atoms. The largest absolute Gasteiger partial charge is 0.360 e. The molecule has 0 aliphatic rings. The molecule has 0 fully saturated rings. The molecule has 0 spiro atoms. The number of benzene rings is 1. The Balaban J connectivity index is 1.83. The minimum atomic E-state index is -0.0999. The summed E-state index contributed by atoms with van der Waals surface area (Å²) in [6.45, 7) is 3.45. The van der Waals surface area contributed by atoms with Gasteiger partial charge < -0.3 is 10.2 Å². The van der Waals surface area contributed by atoms with Gasteiger partial charge in [-0.2, -0.15) is 0 Å². The molecule has 27 heavy (non-hydrogen) atoms. The van der Waals surface area contributed by atoms with E-state index >= 15 is 0 Å². The van der Waals surface area contributed by atoms with Gasteiger partial charge in [0.05, 0.1) is 5.75 Å². The lowest BCUT2D eigenvalue weighted by molar-refractivity contribution is -0.118. The SMILES string of the molecule is CCCN(C)c1cc(Cl)nc(SCC(=O)NCCc2ccc(Cl)cc2Cl)n1. The van der Waals surface area contributed by atoms with Crippen LogP contribution in [0.25, 0.3) is 0 Å². The van der Waals surface area contributed by atoms with E-state index in [9.17, 15) is 4.79 Å². The van der Waals surface area contributed by atoms with Gasteiger partial charge in [-0.1, -0.05) is 59.6 Å². The molecule has 0 aliphatic carbocycles. The van der Waals surface area contributed by atoms with Crippen LogP contribution in [0, 0.1) is 0 Å². The fourth-order valence-corrected chi connectivity index (χ4v) is 3.75. The van der Waals surface area contributed by atoms with E-state index in [1.807, 2.05) is 18.0 Å². The Morgan fingerprint density at radius 1 is 1.22 bits per heavy atom. The van der Waals surface area contributed by atoms with Crippen molar-refractivity contribution in [3.05, 3.63) is 45.0 Å². The maximum atomic E-state index is 12.1. The van der Waals surface area contributed by atoms with E-state index in [0.717, 1.165) is 24.3 Å². The monoisotopic (exact) mass is 446 g/mol. The molecule has 5 nitrogen and oxygen atoms in total. The average molecular weight is 448 g/mol. The summed E-state index contributed by atoms with van der Waals surface area (Å²) in [7, 11) is 1.95. The predicted octanol–water partition coefficient (Wildman–Crippen LogP) is 4.73. The Bertz CT molecular complexity index is 791. The van der Waals surface area contributed by atoms with Crippen LogP contribution in [0.1, 0.15) is 18.9 Å². The third kappa shape index (κ3) is 7.37. The number of amides is 1. The average Bonchev–Trinajstić information content (AvgIpc) is 2.61. The third-order valence-corrected chi connectivity index (χ3v) is 5.30. The number of aromatic nitrogens is 2. The standard InChI is InChI=1S/C18H21Cl3N4OS/c1-3-8-25(2)16-10-15(21)23-18(24-16)27-11-17(26)22-7-6-12-4-5-13(19)9-14(12)20/h4-5,9-10H,3,6-8,11H2,1-2H3,(H,22,26). The number of rotatable bonds is 9. The van der Waals surface area contributed by atoms with Crippen LogP contribution in [-0.4, -0.2) is 41.8 Å².